The standard InChI is InChI=1S/C26H29ClN2O3.2ClH/c1-18(26(30)21-6-10-23-20(16-21)7-11-24(32-3)25(23)27)29-14-12-28(13-15-29)17-19-4-8-22(31-2)9-5-19;;/h4-11,16,18H,12-15,17H2,1-3H3;2*1H. The Morgan fingerprint density at radius 1 is 0.941 bits per heavy atom. The Labute approximate surface area is 218 Å². The van der Waals surface area contributed by atoms with Crippen LogP contribution in [0.15, 0.2) is 54.6 Å². The molecule has 0 saturated carbocycles. The summed E-state index contributed by atoms with van der Waals surface area (Å²) in [7, 11) is 3.28. The van der Waals surface area contributed by atoms with Crippen molar-refractivity contribution in [2.24, 2.45) is 0 Å². The highest BCUT2D eigenvalue weighted by Crippen LogP contribution is 2.33. The summed E-state index contributed by atoms with van der Waals surface area (Å²) >= 11 is 6.42. The SMILES string of the molecule is COc1ccc(CN2CCN(C(C)C(=O)c3ccc4c(Cl)c(OC)ccc4c3)CC2)cc1.Cl.Cl. The van der Waals surface area contributed by atoms with Crippen LogP contribution < -0.4 is 9.47 Å². The summed E-state index contributed by atoms with van der Waals surface area (Å²) < 4.78 is 10.5. The minimum Gasteiger partial charge on any atom is -0.497 e. The van der Waals surface area contributed by atoms with Crippen LogP contribution in [0.25, 0.3) is 10.8 Å². The highest BCUT2D eigenvalue weighted by Gasteiger charge is 2.26. The molecule has 1 unspecified atom stereocenters. The van der Waals surface area contributed by atoms with Gasteiger partial charge in [-0.3, -0.25) is 14.6 Å². The number of benzene rings is 3. The molecule has 0 amide bonds. The first-order chi connectivity index (χ1) is 15.5. The summed E-state index contributed by atoms with van der Waals surface area (Å²) in [5.41, 5.74) is 1.99. The molecule has 0 aromatic heterocycles. The molecule has 5 nitrogen and oxygen atoms in total. The number of ketones is 1. The van der Waals surface area contributed by atoms with Gasteiger partial charge in [-0.15, -0.1) is 24.8 Å². The predicted octanol–water partition coefficient (Wildman–Crippen LogP) is 5.74. The third kappa shape index (κ3) is 6.15. The Morgan fingerprint density at radius 2 is 1.62 bits per heavy atom. The number of fused-ring (bicyclic) bond motifs is 1. The van der Waals surface area contributed by atoms with E-state index in [1.54, 1.807) is 14.2 Å². The van der Waals surface area contributed by atoms with Gasteiger partial charge in [0, 0.05) is 43.7 Å². The number of hydrogen-bond acceptors (Lipinski definition) is 5. The van der Waals surface area contributed by atoms with Crippen LogP contribution in [0.2, 0.25) is 5.02 Å². The molecule has 0 bridgehead atoms. The Hall–Kier alpha value is -2.02. The Bertz CT molecular complexity index is 1100. The van der Waals surface area contributed by atoms with E-state index < -0.39 is 0 Å². The zero-order chi connectivity index (χ0) is 22.7. The summed E-state index contributed by atoms with van der Waals surface area (Å²) in [4.78, 5) is 17.9. The fourth-order valence-electron chi connectivity index (χ4n) is 4.29. The lowest BCUT2D eigenvalue weighted by molar-refractivity contribution is 0.0687. The molecule has 3 aromatic rings. The van der Waals surface area contributed by atoms with Crippen LogP contribution in [-0.2, 0) is 6.54 Å². The van der Waals surface area contributed by atoms with Gasteiger partial charge in [0.1, 0.15) is 11.5 Å². The first kappa shape index (κ1) is 28.2. The van der Waals surface area contributed by atoms with Gasteiger partial charge in [0.15, 0.2) is 5.78 Å². The Balaban J connectivity index is 0.00000204. The molecule has 184 valence electrons. The zero-order valence-electron chi connectivity index (χ0n) is 19.6. The van der Waals surface area contributed by atoms with Gasteiger partial charge in [0.05, 0.1) is 25.3 Å². The topological polar surface area (TPSA) is 42.0 Å². The molecule has 1 aliphatic rings. The van der Waals surface area contributed by atoms with Crippen LogP contribution in [0.5, 0.6) is 11.5 Å². The minimum absolute atomic E-state index is 0. The van der Waals surface area contributed by atoms with E-state index in [4.69, 9.17) is 21.1 Å². The molecule has 0 spiro atoms. The number of nitrogens with zero attached hydrogens (tertiary/aromatic N) is 2. The molecule has 0 radical (unpaired) electrons. The lowest BCUT2D eigenvalue weighted by Crippen LogP contribution is -2.51. The maximum atomic E-state index is 13.2. The summed E-state index contributed by atoms with van der Waals surface area (Å²) in [6.07, 6.45) is 0. The lowest BCUT2D eigenvalue weighted by atomic mass is 9.99. The fourth-order valence-corrected chi connectivity index (χ4v) is 4.60. The van der Waals surface area contributed by atoms with Gasteiger partial charge in [-0.1, -0.05) is 41.9 Å². The third-order valence-corrected chi connectivity index (χ3v) is 6.71. The second-order valence-electron chi connectivity index (χ2n) is 8.22. The van der Waals surface area contributed by atoms with Gasteiger partial charge in [-0.25, -0.2) is 0 Å². The van der Waals surface area contributed by atoms with Crippen molar-refractivity contribution in [1.82, 2.24) is 9.80 Å². The number of Topliss-reactive ketones (excluding diaryl/α,β-unsaturated/α-hetero) is 1. The molecule has 0 aliphatic carbocycles. The van der Waals surface area contributed by atoms with Crippen LogP contribution in [0.4, 0.5) is 0 Å². The molecule has 1 heterocycles. The summed E-state index contributed by atoms with van der Waals surface area (Å²) in [6.45, 7) is 6.55. The maximum Gasteiger partial charge on any atom is 0.179 e. The van der Waals surface area contributed by atoms with Gasteiger partial charge >= 0.3 is 0 Å². The van der Waals surface area contributed by atoms with Gasteiger partial charge < -0.3 is 9.47 Å². The van der Waals surface area contributed by atoms with E-state index in [2.05, 4.69) is 21.9 Å². The monoisotopic (exact) mass is 524 g/mol. The molecule has 1 aliphatic heterocycles. The molecular weight excluding hydrogens is 495 g/mol. The van der Waals surface area contributed by atoms with Crippen molar-refractivity contribution in [3.05, 3.63) is 70.7 Å². The van der Waals surface area contributed by atoms with Crippen LogP contribution in [0.3, 0.4) is 0 Å². The summed E-state index contributed by atoms with van der Waals surface area (Å²) in [5.74, 6) is 1.66. The molecule has 1 saturated heterocycles. The average molecular weight is 526 g/mol. The van der Waals surface area contributed by atoms with Crippen LogP contribution in [0, 0.1) is 0 Å². The number of carbonyl (C=O) groups is 1. The van der Waals surface area contributed by atoms with E-state index in [0.717, 1.165) is 49.2 Å². The smallest absolute Gasteiger partial charge is 0.179 e. The quantitative estimate of drug-likeness (QED) is 0.368. The van der Waals surface area contributed by atoms with Crippen molar-refractivity contribution in [3.63, 3.8) is 0 Å². The number of piperazine rings is 1. The Morgan fingerprint density at radius 3 is 2.24 bits per heavy atom. The predicted molar refractivity (Wildman–Crippen MR) is 144 cm³/mol. The molecule has 1 atom stereocenters. The number of hydrogen-bond donors (Lipinski definition) is 0. The largest absolute Gasteiger partial charge is 0.497 e. The third-order valence-electron chi connectivity index (χ3n) is 6.32. The molecule has 34 heavy (non-hydrogen) atoms. The lowest BCUT2D eigenvalue weighted by Gasteiger charge is -2.37. The van der Waals surface area contributed by atoms with Crippen molar-refractivity contribution < 1.29 is 14.3 Å². The van der Waals surface area contributed by atoms with Gasteiger partial charge in [-0.05, 0) is 42.1 Å². The fraction of sp³-hybridized carbons (Fsp3) is 0.346. The van der Waals surface area contributed by atoms with Gasteiger partial charge in [-0.2, -0.15) is 0 Å². The molecule has 8 heteroatoms. The van der Waals surface area contributed by atoms with Crippen LogP contribution >= 0.6 is 36.4 Å². The number of methoxy groups -OCH3 is 2. The number of carbonyl (C=O) groups excluding carboxylic acids is 1. The summed E-state index contributed by atoms with van der Waals surface area (Å²) in [5, 5.41) is 2.41. The number of halogens is 3. The van der Waals surface area contributed by atoms with Crippen molar-refractivity contribution >= 4 is 53.0 Å². The van der Waals surface area contributed by atoms with Crippen molar-refractivity contribution in [3.8, 4) is 11.5 Å². The highest BCUT2D eigenvalue weighted by atomic mass is 35.5. The molecule has 1 fully saturated rings. The van der Waals surface area contributed by atoms with E-state index >= 15 is 0 Å². The normalized spacial score (nSPS) is 15.2. The number of rotatable bonds is 7. The van der Waals surface area contributed by atoms with E-state index in [1.807, 2.05) is 49.4 Å². The molecule has 3 aromatic carbocycles. The average Bonchev–Trinajstić information content (AvgIpc) is 2.84. The molecule has 4 rings (SSSR count). The van der Waals surface area contributed by atoms with Crippen molar-refractivity contribution in [1.29, 1.82) is 0 Å². The molecular formula is C26H31Cl3N2O3. The van der Waals surface area contributed by atoms with Crippen LogP contribution in [0.1, 0.15) is 22.8 Å². The van der Waals surface area contributed by atoms with Gasteiger partial charge in [0.25, 0.3) is 0 Å². The zero-order valence-corrected chi connectivity index (χ0v) is 22.0. The highest BCUT2D eigenvalue weighted by molar-refractivity contribution is 6.37. The van der Waals surface area contributed by atoms with E-state index in [-0.39, 0.29) is 36.6 Å². The maximum absolute atomic E-state index is 13.2. The van der Waals surface area contributed by atoms with Crippen LogP contribution in [-0.4, -0.2) is 62.0 Å². The van der Waals surface area contributed by atoms with E-state index in [1.165, 1.54) is 5.56 Å². The number of ether oxygens (including phenoxy) is 2. The second-order valence-corrected chi connectivity index (χ2v) is 8.60. The second kappa shape index (κ2) is 12.6. The van der Waals surface area contributed by atoms with E-state index in [9.17, 15) is 4.79 Å². The van der Waals surface area contributed by atoms with E-state index in [0.29, 0.717) is 16.3 Å². The van der Waals surface area contributed by atoms with Crippen molar-refractivity contribution in [2.45, 2.75) is 19.5 Å². The first-order valence-electron chi connectivity index (χ1n) is 10.9. The molecule has 0 N–H and O–H groups in total. The van der Waals surface area contributed by atoms with Gasteiger partial charge in [0.2, 0.25) is 0 Å². The Kier molecular flexibility index (Phi) is 10.5. The summed E-state index contributed by atoms with van der Waals surface area (Å²) in [6, 6.07) is 17.5. The van der Waals surface area contributed by atoms with Crippen molar-refractivity contribution in [2.75, 3.05) is 40.4 Å². The minimum atomic E-state index is -0.163. The first-order valence-corrected chi connectivity index (χ1v) is 11.3.